The van der Waals surface area contributed by atoms with E-state index in [1.54, 1.807) is 0 Å². The molecular weight excluding hydrogens is 306 g/mol. The van der Waals surface area contributed by atoms with E-state index in [0.717, 1.165) is 23.3 Å². The normalized spacial score (nSPS) is 10.2. The summed E-state index contributed by atoms with van der Waals surface area (Å²) in [6, 6.07) is 9.98. The number of nitrogens with one attached hydrogen (secondary N) is 1. The Morgan fingerprint density at radius 2 is 2.00 bits per heavy atom. The minimum absolute atomic E-state index is 0.607. The molecule has 1 N–H and O–H groups in total. The molecule has 0 amide bonds. The number of hydrogen-bond donors (Lipinski definition) is 1. The van der Waals surface area contributed by atoms with Crippen LogP contribution in [0.1, 0.15) is 18.9 Å². The minimum atomic E-state index is 0.607. The molecule has 0 radical (unpaired) electrons. The first-order chi connectivity index (χ1) is 9.28. The molecule has 0 aliphatic heterocycles. The summed E-state index contributed by atoms with van der Waals surface area (Å²) in [5.41, 5.74) is 1.19. The highest BCUT2D eigenvalue weighted by atomic mass is 79.9. The Labute approximate surface area is 121 Å². The average molecular weight is 322 g/mol. The molecule has 5 heteroatoms. The molecule has 0 atom stereocenters. The average Bonchev–Trinajstić information content (AvgIpc) is 2.45. The van der Waals surface area contributed by atoms with Gasteiger partial charge in [0.1, 0.15) is 12.1 Å². The monoisotopic (exact) mass is 321 g/mol. The van der Waals surface area contributed by atoms with Gasteiger partial charge in [-0.05, 0) is 24.1 Å². The van der Waals surface area contributed by atoms with E-state index < -0.39 is 0 Å². The number of aromatic nitrogens is 2. The fourth-order valence-electron chi connectivity index (χ4n) is 1.52. The molecule has 19 heavy (non-hydrogen) atoms. The summed E-state index contributed by atoms with van der Waals surface area (Å²) in [6.45, 7) is 3.45. The van der Waals surface area contributed by atoms with Crippen LogP contribution in [0.5, 0.6) is 5.88 Å². The molecule has 1 heterocycles. The van der Waals surface area contributed by atoms with Crippen LogP contribution in [0, 0.1) is 0 Å². The Morgan fingerprint density at radius 1 is 1.21 bits per heavy atom. The second-order valence-corrected chi connectivity index (χ2v) is 4.99. The molecule has 4 nitrogen and oxygen atoms in total. The van der Waals surface area contributed by atoms with Crippen molar-refractivity contribution in [2.75, 3.05) is 11.9 Å². The number of hydrogen-bond acceptors (Lipinski definition) is 4. The molecule has 0 aliphatic carbocycles. The van der Waals surface area contributed by atoms with Gasteiger partial charge in [0.15, 0.2) is 0 Å². The van der Waals surface area contributed by atoms with Crippen LogP contribution in [0.25, 0.3) is 0 Å². The van der Waals surface area contributed by atoms with E-state index >= 15 is 0 Å². The van der Waals surface area contributed by atoms with Crippen molar-refractivity contribution < 1.29 is 4.74 Å². The Morgan fingerprint density at radius 3 is 2.74 bits per heavy atom. The standard InChI is InChI=1S/C14H16BrN3O/c1-2-7-19-14-8-13(17-10-18-14)16-9-11-3-5-12(15)6-4-11/h3-6,8,10H,2,7,9H2,1H3,(H,16,17,18). The molecular formula is C14H16BrN3O. The van der Waals surface area contributed by atoms with Gasteiger partial charge >= 0.3 is 0 Å². The Kier molecular flexibility index (Phi) is 5.15. The number of nitrogens with zero attached hydrogens (tertiary/aromatic N) is 2. The fraction of sp³-hybridized carbons (Fsp3) is 0.286. The van der Waals surface area contributed by atoms with E-state index in [2.05, 4.69) is 50.3 Å². The van der Waals surface area contributed by atoms with E-state index in [4.69, 9.17) is 4.74 Å². The molecule has 0 unspecified atom stereocenters. The maximum Gasteiger partial charge on any atom is 0.218 e. The van der Waals surface area contributed by atoms with Crippen molar-refractivity contribution in [3.8, 4) is 5.88 Å². The molecule has 0 aliphatic rings. The third kappa shape index (κ3) is 4.52. The smallest absolute Gasteiger partial charge is 0.218 e. The zero-order valence-electron chi connectivity index (χ0n) is 10.8. The van der Waals surface area contributed by atoms with Crippen LogP contribution in [0.2, 0.25) is 0 Å². The van der Waals surface area contributed by atoms with E-state index in [1.165, 1.54) is 11.9 Å². The zero-order chi connectivity index (χ0) is 13.5. The molecule has 1 aromatic heterocycles. The van der Waals surface area contributed by atoms with E-state index in [1.807, 2.05) is 18.2 Å². The number of anilines is 1. The Balaban J connectivity index is 1.93. The van der Waals surface area contributed by atoms with Gasteiger partial charge in [-0.25, -0.2) is 9.97 Å². The fourth-order valence-corrected chi connectivity index (χ4v) is 1.78. The molecule has 100 valence electrons. The van der Waals surface area contributed by atoms with Gasteiger partial charge in [-0.2, -0.15) is 0 Å². The van der Waals surface area contributed by atoms with Crippen molar-refractivity contribution in [2.24, 2.45) is 0 Å². The summed E-state index contributed by atoms with van der Waals surface area (Å²) in [6.07, 6.45) is 2.47. The van der Waals surface area contributed by atoms with Gasteiger partial charge in [0, 0.05) is 17.1 Å². The first-order valence-corrected chi connectivity index (χ1v) is 7.00. The van der Waals surface area contributed by atoms with Crippen LogP contribution in [0.4, 0.5) is 5.82 Å². The van der Waals surface area contributed by atoms with Crippen LogP contribution in [-0.2, 0) is 6.54 Å². The predicted molar refractivity (Wildman–Crippen MR) is 79.3 cm³/mol. The predicted octanol–water partition coefficient (Wildman–Crippen LogP) is 3.64. The van der Waals surface area contributed by atoms with Gasteiger partial charge in [-0.1, -0.05) is 35.0 Å². The lowest BCUT2D eigenvalue weighted by Gasteiger charge is -2.07. The molecule has 0 fully saturated rings. The second-order valence-electron chi connectivity index (χ2n) is 4.07. The summed E-state index contributed by atoms with van der Waals surface area (Å²) in [5.74, 6) is 1.37. The van der Waals surface area contributed by atoms with Gasteiger partial charge in [0.05, 0.1) is 6.61 Å². The second kappa shape index (κ2) is 7.09. The molecule has 2 rings (SSSR count). The SMILES string of the molecule is CCCOc1cc(NCc2ccc(Br)cc2)ncn1. The highest BCUT2D eigenvalue weighted by molar-refractivity contribution is 9.10. The highest BCUT2D eigenvalue weighted by Gasteiger charge is 1.99. The third-order valence-corrected chi connectivity index (χ3v) is 3.01. The van der Waals surface area contributed by atoms with Gasteiger partial charge in [-0.15, -0.1) is 0 Å². The summed E-state index contributed by atoms with van der Waals surface area (Å²) < 4.78 is 6.54. The topological polar surface area (TPSA) is 47.0 Å². The van der Waals surface area contributed by atoms with Crippen LogP contribution in [-0.4, -0.2) is 16.6 Å². The van der Waals surface area contributed by atoms with Crippen molar-refractivity contribution in [3.05, 3.63) is 46.7 Å². The maximum absolute atomic E-state index is 5.47. The van der Waals surface area contributed by atoms with Gasteiger partial charge in [0.25, 0.3) is 0 Å². The van der Waals surface area contributed by atoms with E-state index in [0.29, 0.717) is 12.5 Å². The third-order valence-electron chi connectivity index (χ3n) is 2.48. The van der Waals surface area contributed by atoms with Crippen molar-refractivity contribution in [1.82, 2.24) is 9.97 Å². The number of benzene rings is 1. The highest BCUT2D eigenvalue weighted by Crippen LogP contribution is 2.14. The lowest BCUT2D eigenvalue weighted by Crippen LogP contribution is -2.03. The largest absolute Gasteiger partial charge is 0.478 e. The molecule has 0 spiro atoms. The molecule has 0 bridgehead atoms. The molecule has 1 aromatic carbocycles. The lowest BCUT2D eigenvalue weighted by molar-refractivity contribution is 0.305. The van der Waals surface area contributed by atoms with Gasteiger partial charge < -0.3 is 10.1 Å². The van der Waals surface area contributed by atoms with Crippen molar-refractivity contribution in [2.45, 2.75) is 19.9 Å². The number of rotatable bonds is 6. The zero-order valence-corrected chi connectivity index (χ0v) is 12.4. The van der Waals surface area contributed by atoms with Crippen LogP contribution in [0.15, 0.2) is 41.1 Å². The number of ether oxygens (including phenoxy) is 1. The summed E-state index contributed by atoms with van der Waals surface area (Å²) in [4.78, 5) is 8.23. The minimum Gasteiger partial charge on any atom is -0.478 e. The first-order valence-electron chi connectivity index (χ1n) is 6.21. The Hall–Kier alpha value is -1.62. The molecule has 2 aromatic rings. The van der Waals surface area contributed by atoms with Crippen molar-refractivity contribution in [3.63, 3.8) is 0 Å². The van der Waals surface area contributed by atoms with Crippen LogP contribution >= 0.6 is 15.9 Å². The first kappa shape index (κ1) is 13.8. The maximum atomic E-state index is 5.47. The van der Waals surface area contributed by atoms with Gasteiger partial charge in [0.2, 0.25) is 5.88 Å². The van der Waals surface area contributed by atoms with E-state index in [9.17, 15) is 0 Å². The van der Waals surface area contributed by atoms with Crippen molar-refractivity contribution >= 4 is 21.7 Å². The molecule has 0 saturated carbocycles. The Bertz CT molecular complexity index is 516. The summed E-state index contributed by atoms with van der Waals surface area (Å²) in [5, 5.41) is 3.25. The van der Waals surface area contributed by atoms with Gasteiger partial charge in [-0.3, -0.25) is 0 Å². The molecule has 0 saturated heterocycles. The van der Waals surface area contributed by atoms with Crippen LogP contribution < -0.4 is 10.1 Å². The van der Waals surface area contributed by atoms with E-state index in [-0.39, 0.29) is 0 Å². The lowest BCUT2D eigenvalue weighted by atomic mass is 10.2. The quantitative estimate of drug-likeness (QED) is 0.882. The number of halogens is 1. The van der Waals surface area contributed by atoms with Crippen LogP contribution in [0.3, 0.4) is 0 Å². The summed E-state index contributed by atoms with van der Waals surface area (Å²) in [7, 11) is 0. The van der Waals surface area contributed by atoms with Crippen molar-refractivity contribution in [1.29, 1.82) is 0 Å². The summed E-state index contributed by atoms with van der Waals surface area (Å²) >= 11 is 3.42.